The summed E-state index contributed by atoms with van der Waals surface area (Å²) in [5.41, 5.74) is -12.5. The minimum absolute atomic E-state index is 0.0157. The van der Waals surface area contributed by atoms with E-state index in [2.05, 4.69) is 4.90 Å². The van der Waals surface area contributed by atoms with Gasteiger partial charge in [-0.3, -0.25) is 9.69 Å². The molecule has 0 radical (unpaired) electrons. The van der Waals surface area contributed by atoms with Gasteiger partial charge in [0.05, 0.1) is 24.4 Å². The molecule has 5 aliphatic carbocycles. The Bertz CT molecular complexity index is 1730. The molecule has 0 amide bonds. The van der Waals surface area contributed by atoms with Crippen LogP contribution in [0.3, 0.4) is 0 Å². The van der Waals surface area contributed by atoms with E-state index in [1.54, 1.807) is 25.3 Å². The van der Waals surface area contributed by atoms with E-state index in [9.17, 15) is 36.3 Å². The molecule has 1 unspecified atom stereocenters. The SMILES string of the molecule is CCN1C[C@]2(COC)C=C[C@H](OC)[C@]34C1[C@H]([C@H](OC)[C@H]23)[C@]1(OC(C)=O)[C@H]2[C@@H](OC(=O)c3ccccc3)[C@](OS(=O)(=O)C(F)(F)F)(C[C@H]24)[C@@H](OC)[C@@H]1O. The fourth-order valence-corrected chi connectivity index (χ4v) is 12.9. The fourth-order valence-electron chi connectivity index (χ4n) is 12.2. The first-order valence-corrected chi connectivity index (χ1v) is 18.6. The molecule has 1 saturated heterocycles. The van der Waals surface area contributed by atoms with E-state index in [0.29, 0.717) is 13.1 Å². The summed E-state index contributed by atoms with van der Waals surface area (Å²) in [4.78, 5) is 29.5. The quantitative estimate of drug-likeness (QED) is 0.152. The van der Waals surface area contributed by atoms with Gasteiger partial charge < -0.3 is 33.5 Å². The van der Waals surface area contributed by atoms with Gasteiger partial charge in [-0.05, 0) is 31.0 Å². The van der Waals surface area contributed by atoms with E-state index >= 15 is 0 Å². The van der Waals surface area contributed by atoms with Gasteiger partial charge in [0.15, 0.2) is 11.2 Å². The Morgan fingerprint density at radius 3 is 2.27 bits per heavy atom. The van der Waals surface area contributed by atoms with Crippen molar-refractivity contribution in [2.45, 2.75) is 73.5 Å². The third-order valence-corrected chi connectivity index (χ3v) is 14.2. The van der Waals surface area contributed by atoms with Crippen LogP contribution in [0, 0.1) is 34.5 Å². The van der Waals surface area contributed by atoms with Crippen molar-refractivity contribution in [2.24, 2.45) is 34.5 Å². The van der Waals surface area contributed by atoms with Crippen molar-refractivity contribution in [3.63, 3.8) is 0 Å². The lowest BCUT2D eigenvalue weighted by atomic mass is 9.44. The summed E-state index contributed by atoms with van der Waals surface area (Å²) in [5.74, 6) is -5.61. The molecule has 1 aromatic carbocycles. The van der Waals surface area contributed by atoms with E-state index < -0.39 is 116 Å². The second kappa shape index (κ2) is 12.4. The topological polar surface area (TPSA) is 156 Å². The van der Waals surface area contributed by atoms with Crippen LogP contribution in [0.15, 0.2) is 42.5 Å². The second-order valence-electron chi connectivity index (χ2n) is 14.9. The number of piperidine rings is 1. The van der Waals surface area contributed by atoms with Gasteiger partial charge in [0.2, 0.25) is 0 Å². The summed E-state index contributed by atoms with van der Waals surface area (Å²) < 4.78 is 111. The van der Waals surface area contributed by atoms with E-state index in [1.165, 1.54) is 26.4 Å². The number of nitrogens with zero attached hydrogens (tertiary/aromatic N) is 1. The molecule has 1 N–H and O–H groups in total. The van der Waals surface area contributed by atoms with Crippen LogP contribution in [0.1, 0.15) is 30.6 Å². The van der Waals surface area contributed by atoms with Gasteiger partial charge in [0.1, 0.15) is 18.3 Å². The molecule has 14 atom stereocenters. The second-order valence-corrected chi connectivity index (χ2v) is 16.4. The molecule has 1 spiro atoms. The van der Waals surface area contributed by atoms with Gasteiger partial charge in [-0.25, -0.2) is 8.98 Å². The molecule has 6 aliphatic rings. The Morgan fingerprint density at radius 1 is 1.02 bits per heavy atom. The number of esters is 2. The standard InChI is InChI=1S/C35H44F3NO12S/c1-7-39-16-31(17-45-3)14-13-21(46-4)33-20-15-32(51-52(43,44)35(36,37)38)28(49-30(42)19-11-9-8-10-12-19)22(20)34(50-18(2)40,27(41)29(32)48-6)23(26(33)39)24(47-5)25(31)33/h8-14,20-29,41H,7,15-17H2,1-6H3/t20-,21+,22-,23+,24+,25-,26?,27+,28-,29+,31+,32-,33+,34-/m1/s1. The van der Waals surface area contributed by atoms with Crippen LogP contribution < -0.4 is 0 Å². The molecule has 4 saturated carbocycles. The van der Waals surface area contributed by atoms with Gasteiger partial charge in [-0.15, -0.1) is 0 Å². The van der Waals surface area contributed by atoms with E-state index in [0.717, 1.165) is 14.0 Å². The number of rotatable bonds is 11. The number of fused-ring (bicyclic) bond motifs is 2. The highest BCUT2D eigenvalue weighted by Crippen LogP contribution is 2.80. The van der Waals surface area contributed by atoms with Gasteiger partial charge in [0.25, 0.3) is 0 Å². The molecule has 17 heteroatoms. The van der Waals surface area contributed by atoms with Crippen LogP contribution >= 0.6 is 0 Å². The van der Waals surface area contributed by atoms with Crippen LogP contribution in [-0.4, -0.2) is 132 Å². The van der Waals surface area contributed by atoms with Gasteiger partial charge >= 0.3 is 27.6 Å². The zero-order chi connectivity index (χ0) is 37.8. The molecule has 7 bridgehead atoms. The van der Waals surface area contributed by atoms with Crippen molar-refractivity contribution in [1.29, 1.82) is 0 Å². The summed E-state index contributed by atoms with van der Waals surface area (Å²) in [6.45, 7) is 4.18. The van der Waals surface area contributed by atoms with Crippen molar-refractivity contribution < 1.29 is 68.9 Å². The number of halogens is 3. The first kappa shape index (κ1) is 37.7. The van der Waals surface area contributed by atoms with Crippen LogP contribution in [0.4, 0.5) is 13.2 Å². The Morgan fingerprint density at radius 2 is 1.71 bits per heavy atom. The molecule has 13 nitrogen and oxygen atoms in total. The number of hydrogen-bond acceptors (Lipinski definition) is 13. The van der Waals surface area contributed by atoms with E-state index in [-0.39, 0.29) is 12.2 Å². The molecule has 5 fully saturated rings. The fraction of sp³-hybridized carbons (Fsp3) is 0.714. The maximum absolute atomic E-state index is 14.3. The number of benzene rings is 1. The Balaban J connectivity index is 1.58. The highest BCUT2D eigenvalue weighted by Gasteiger charge is 2.92. The predicted molar refractivity (Wildman–Crippen MR) is 173 cm³/mol. The first-order chi connectivity index (χ1) is 24.5. The molecule has 1 aromatic rings. The number of ether oxygens (including phenoxy) is 6. The van der Waals surface area contributed by atoms with Gasteiger partial charge in [-0.1, -0.05) is 37.3 Å². The van der Waals surface area contributed by atoms with E-state index in [1.807, 2.05) is 19.1 Å². The number of aliphatic hydroxyl groups is 1. The third kappa shape index (κ3) is 4.56. The van der Waals surface area contributed by atoms with Crippen molar-refractivity contribution in [3.8, 4) is 0 Å². The predicted octanol–water partition coefficient (Wildman–Crippen LogP) is 2.33. The number of alkyl halides is 3. The Kier molecular flexibility index (Phi) is 9.01. The zero-order valence-corrected chi connectivity index (χ0v) is 30.4. The average Bonchev–Trinajstić information content (AvgIpc) is 3.48. The smallest absolute Gasteiger partial charge is 0.455 e. The number of likely N-dealkylation sites (tertiary alicyclic amines) is 1. The summed E-state index contributed by atoms with van der Waals surface area (Å²) >= 11 is 0. The number of methoxy groups -OCH3 is 4. The summed E-state index contributed by atoms with van der Waals surface area (Å²) in [7, 11) is -0.789. The lowest BCUT2D eigenvalue weighted by Gasteiger charge is -2.68. The van der Waals surface area contributed by atoms with Crippen molar-refractivity contribution >= 4 is 22.1 Å². The molecular weight excluding hydrogens is 715 g/mol. The largest absolute Gasteiger partial charge is 0.523 e. The number of aliphatic hydroxyl groups excluding tert-OH is 1. The highest BCUT2D eigenvalue weighted by atomic mass is 32.2. The van der Waals surface area contributed by atoms with Crippen LogP contribution in [0.5, 0.6) is 0 Å². The lowest BCUT2D eigenvalue weighted by molar-refractivity contribution is -0.309. The summed E-state index contributed by atoms with van der Waals surface area (Å²) in [6, 6.07) is 7.00. The Labute approximate surface area is 299 Å². The van der Waals surface area contributed by atoms with E-state index in [4.69, 9.17) is 32.6 Å². The normalized spacial score (nSPS) is 44.4. The summed E-state index contributed by atoms with van der Waals surface area (Å²) in [5, 5.41) is 12.7. The van der Waals surface area contributed by atoms with Crippen LogP contribution in [0.2, 0.25) is 0 Å². The molecule has 288 valence electrons. The molecule has 1 aliphatic heterocycles. The van der Waals surface area contributed by atoms with Gasteiger partial charge in [0, 0.05) is 76.5 Å². The average molecular weight is 760 g/mol. The van der Waals surface area contributed by atoms with Crippen molar-refractivity contribution in [1.82, 2.24) is 4.90 Å². The molecule has 1 heterocycles. The highest BCUT2D eigenvalue weighted by molar-refractivity contribution is 7.87. The monoisotopic (exact) mass is 759 g/mol. The van der Waals surface area contributed by atoms with Gasteiger partial charge in [-0.2, -0.15) is 21.6 Å². The van der Waals surface area contributed by atoms with Crippen molar-refractivity contribution in [3.05, 3.63) is 48.0 Å². The van der Waals surface area contributed by atoms with Crippen molar-refractivity contribution in [2.75, 3.05) is 48.1 Å². The van der Waals surface area contributed by atoms with Crippen LogP contribution in [-0.2, 0) is 47.5 Å². The molecular formula is C35H44F3NO12S. The summed E-state index contributed by atoms with van der Waals surface area (Å²) in [6.07, 6.45) is -3.93. The first-order valence-electron chi connectivity index (χ1n) is 17.2. The van der Waals surface area contributed by atoms with Crippen LogP contribution in [0.25, 0.3) is 0 Å². The zero-order valence-electron chi connectivity index (χ0n) is 29.6. The number of hydrogen-bond donors (Lipinski definition) is 1. The molecule has 52 heavy (non-hydrogen) atoms. The third-order valence-electron chi connectivity index (χ3n) is 13.1. The maximum Gasteiger partial charge on any atom is 0.523 e. The number of carbonyl (C=O) groups is 2. The minimum atomic E-state index is -6.43. The molecule has 0 aromatic heterocycles. The maximum atomic E-state index is 14.3. The Hall–Kier alpha value is -2.64. The minimum Gasteiger partial charge on any atom is -0.455 e. The molecule has 7 rings (SSSR count). The lowest BCUT2D eigenvalue weighted by Crippen LogP contribution is -2.80. The number of carbonyl (C=O) groups excluding carboxylic acids is 2.